The number of hydrogen-bond donors (Lipinski definition) is 3. The van der Waals surface area contributed by atoms with Crippen molar-refractivity contribution in [1.82, 2.24) is 15.0 Å². The topological polar surface area (TPSA) is 90.9 Å². The molecule has 2 aromatic carbocycles. The molecule has 0 fully saturated rings. The molecule has 1 amide bonds. The minimum absolute atomic E-state index is 0.0267. The number of H-pyrrole nitrogens is 1. The molecule has 0 aliphatic rings. The molecule has 2 heterocycles. The highest BCUT2D eigenvalue weighted by Crippen LogP contribution is 2.28. The zero-order valence-electron chi connectivity index (χ0n) is 15.7. The molecule has 4 aromatic rings. The zero-order chi connectivity index (χ0) is 20.4. The SMILES string of the molecule is CC(CO)c1ccc(NC(=O)c2cccc3[nH]c(-c4ccccn4)nc23)c(Br)c1. The summed E-state index contributed by atoms with van der Waals surface area (Å²) in [6, 6.07) is 16.7. The Bertz CT molecular complexity index is 1170. The Kier molecular flexibility index (Phi) is 5.42. The number of aromatic amines is 1. The fourth-order valence-electron chi connectivity index (χ4n) is 3.07. The molecule has 2 aromatic heterocycles. The summed E-state index contributed by atoms with van der Waals surface area (Å²) in [4.78, 5) is 25.1. The standard InChI is InChI=1S/C22H19BrN4O2/c1-13(12-28)14-8-9-17(16(23)11-14)26-22(29)15-5-4-7-18-20(15)27-21(25-18)19-6-2-3-10-24-19/h2-11,13,28H,12H2,1H3,(H,25,27)(H,26,29). The van der Waals surface area contributed by atoms with Gasteiger partial charge in [0.05, 0.1) is 16.8 Å². The molecule has 0 radical (unpaired) electrons. The molecule has 1 atom stereocenters. The lowest BCUT2D eigenvalue weighted by molar-refractivity contribution is 0.102. The number of pyridine rings is 1. The maximum atomic E-state index is 13.0. The molecule has 3 N–H and O–H groups in total. The third-order valence-electron chi connectivity index (χ3n) is 4.75. The van der Waals surface area contributed by atoms with Crippen LogP contribution in [-0.2, 0) is 0 Å². The summed E-state index contributed by atoms with van der Waals surface area (Å²) >= 11 is 3.50. The summed E-state index contributed by atoms with van der Waals surface area (Å²) < 4.78 is 0.757. The van der Waals surface area contributed by atoms with E-state index in [2.05, 4.69) is 36.2 Å². The first-order chi connectivity index (χ1) is 14.1. The lowest BCUT2D eigenvalue weighted by atomic mass is 10.0. The lowest BCUT2D eigenvalue weighted by Gasteiger charge is -2.12. The zero-order valence-corrected chi connectivity index (χ0v) is 17.3. The number of halogens is 1. The number of aromatic nitrogens is 3. The van der Waals surface area contributed by atoms with Crippen LogP contribution in [0.15, 0.2) is 65.3 Å². The van der Waals surface area contributed by atoms with Gasteiger partial charge in [0.25, 0.3) is 5.91 Å². The monoisotopic (exact) mass is 450 g/mol. The van der Waals surface area contributed by atoms with E-state index in [4.69, 9.17) is 0 Å². The van der Waals surface area contributed by atoms with Gasteiger partial charge in [-0.1, -0.05) is 25.1 Å². The van der Waals surface area contributed by atoms with E-state index in [0.29, 0.717) is 28.3 Å². The number of carbonyl (C=O) groups is 1. The number of aliphatic hydroxyl groups is 1. The predicted octanol–water partition coefficient (Wildman–Crippen LogP) is 4.74. The van der Waals surface area contributed by atoms with Crippen molar-refractivity contribution < 1.29 is 9.90 Å². The normalized spacial score (nSPS) is 12.1. The average Bonchev–Trinajstić information content (AvgIpc) is 3.19. The minimum Gasteiger partial charge on any atom is -0.396 e. The number of anilines is 1. The van der Waals surface area contributed by atoms with Gasteiger partial charge in [0.15, 0.2) is 5.82 Å². The van der Waals surface area contributed by atoms with Crippen LogP contribution in [0.4, 0.5) is 5.69 Å². The van der Waals surface area contributed by atoms with Gasteiger partial charge >= 0.3 is 0 Å². The van der Waals surface area contributed by atoms with Crippen LogP contribution >= 0.6 is 15.9 Å². The number of benzene rings is 2. The van der Waals surface area contributed by atoms with Crippen LogP contribution in [0.3, 0.4) is 0 Å². The van der Waals surface area contributed by atoms with Crippen LogP contribution in [0, 0.1) is 0 Å². The van der Waals surface area contributed by atoms with Gasteiger partial charge in [0.2, 0.25) is 0 Å². The summed E-state index contributed by atoms with van der Waals surface area (Å²) in [5.41, 5.74) is 4.19. The van der Waals surface area contributed by atoms with E-state index in [-0.39, 0.29) is 18.4 Å². The molecule has 0 saturated carbocycles. The van der Waals surface area contributed by atoms with E-state index in [9.17, 15) is 9.90 Å². The van der Waals surface area contributed by atoms with Crippen molar-refractivity contribution in [1.29, 1.82) is 0 Å². The number of hydrogen-bond acceptors (Lipinski definition) is 4. The van der Waals surface area contributed by atoms with Gasteiger partial charge in [-0.15, -0.1) is 0 Å². The van der Waals surface area contributed by atoms with Crippen molar-refractivity contribution in [3.8, 4) is 11.5 Å². The van der Waals surface area contributed by atoms with Crippen LogP contribution in [0.5, 0.6) is 0 Å². The van der Waals surface area contributed by atoms with Gasteiger partial charge < -0.3 is 15.4 Å². The fourth-order valence-corrected chi connectivity index (χ4v) is 3.57. The van der Waals surface area contributed by atoms with E-state index >= 15 is 0 Å². The largest absolute Gasteiger partial charge is 0.396 e. The smallest absolute Gasteiger partial charge is 0.257 e. The summed E-state index contributed by atoms with van der Waals surface area (Å²) in [5, 5.41) is 12.3. The average molecular weight is 451 g/mol. The molecule has 0 aliphatic heterocycles. The fraction of sp³-hybridized carbons (Fsp3) is 0.136. The third-order valence-corrected chi connectivity index (χ3v) is 5.41. The number of para-hydroxylation sites is 1. The highest BCUT2D eigenvalue weighted by Gasteiger charge is 2.16. The summed E-state index contributed by atoms with van der Waals surface area (Å²) in [5.74, 6) is 0.390. The second kappa shape index (κ2) is 8.14. The van der Waals surface area contributed by atoms with Crippen LogP contribution in [0.25, 0.3) is 22.6 Å². The molecule has 0 aliphatic carbocycles. The third kappa shape index (κ3) is 3.92. The molecule has 146 valence electrons. The number of rotatable bonds is 5. The maximum Gasteiger partial charge on any atom is 0.257 e. The number of nitrogens with one attached hydrogen (secondary N) is 2. The van der Waals surface area contributed by atoms with Crippen molar-refractivity contribution in [3.05, 3.63) is 76.4 Å². The summed E-state index contributed by atoms with van der Waals surface area (Å²) in [7, 11) is 0. The first kappa shape index (κ1) is 19.3. The lowest BCUT2D eigenvalue weighted by Crippen LogP contribution is -2.13. The van der Waals surface area contributed by atoms with Gasteiger partial charge in [-0.3, -0.25) is 9.78 Å². The summed E-state index contributed by atoms with van der Waals surface area (Å²) in [6.45, 7) is 2.01. The van der Waals surface area contributed by atoms with Crippen molar-refractivity contribution in [2.45, 2.75) is 12.8 Å². The molecule has 0 spiro atoms. The van der Waals surface area contributed by atoms with Crippen molar-refractivity contribution in [2.75, 3.05) is 11.9 Å². The van der Waals surface area contributed by atoms with Gasteiger partial charge in [-0.05, 0) is 57.9 Å². The minimum atomic E-state index is -0.252. The molecule has 29 heavy (non-hydrogen) atoms. The second-order valence-electron chi connectivity index (χ2n) is 6.78. The molecule has 4 rings (SSSR count). The Labute approximate surface area is 176 Å². The molecule has 0 bridgehead atoms. The van der Waals surface area contributed by atoms with Crippen molar-refractivity contribution in [3.63, 3.8) is 0 Å². The molecule has 1 unspecified atom stereocenters. The van der Waals surface area contributed by atoms with Gasteiger partial charge in [0.1, 0.15) is 11.2 Å². The van der Waals surface area contributed by atoms with Crippen molar-refractivity contribution >= 4 is 38.6 Å². The van der Waals surface area contributed by atoms with E-state index in [1.54, 1.807) is 12.3 Å². The van der Waals surface area contributed by atoms with Crippen LogP contribution in [-0.4, -0.2) is 32.6 Å². The Hall–Kier alpha value is -3.03. The summed E-state index contributed by atoms with van der Waals surface area (Å²) in [6.07, 6.45) is 1.70. The number of carbonyl (C=O) groups excluding carboxylic acids is 1. The highest BCUT2D eigenvalue weighted by molar-refractivity contribution is 9.10. The first-order valence-electron chi connectivity index (χ1n) is 9.18. The van der Waals surface area contributed by atoms with Crippen LogP contribution < -0.4 is 5.32 Å². The van der Waals surface area contributed by atoms with E-state index in [1.165, 1.54) is 0 Å². The number of nitrogens with zero attached hydrogens (tertiary/aromatic N) is 2. The number of amides is 1. The molecule has 7 heteroatoms. The Morgan fingerprint density at radius 3 is 2.79 bits per heavy atom. The quantitative estimate of drug-likeness (QED) is 0.409. The Morgan fingerprint density at radius 1 is 1.21 bits per heavy atom. The Balaban J connectivity index is 1.65. The molecular formula is C22H19BrN4O2. The maximum absolute atomic E-state index is 13.0. The second-order valence-corrected chi connectivity index (χ2v) is 7.63. The van der Waals surface area contributed by atoms with Crippen molar-refractivity contribution in [2.24, 2.45) is 0 Å². The van der Waals surface area contributed by atoms with Gasteiger partial charge in [0, 0.05) is 23.2 Å². The first-order valence-corrected chi connectivity index (χ1v) is 9.98. The van der Waals surface area contributed by atoms with E-state index in [1.807, 2.05) is 55.5 Å². The molecule has 6 nitrogen and oxygen atoms in total. The van der Waals surface area contributed by atoms with Crippen LogP contribution in [0.2, 0.25) is 0 Å². The van der Waals surface area contributed by atoms with Gasteiger partial charge in [-0.25, -0.2) is 4.98 Å². The molecular weight excluding hydrogens is 432 g/mol. The number of imidazole rings is 1. The van der Waals surface area contributed by atoms with E-state index < -0.39 is 0 Å². The van der Waals surface area contributed by atoms with Gasteiger partial charge in [-0.2, -0.15) is 0 Å². The number of aliphatic hydroxyl groups excluding tert-OH is 1. The van der Waals surface area contributed by atoms with Crippen LogP contribution in [0.1, 0.15) is 28.8 Å². The van der Waals surface area contributed by atoms with E-state index in [0.717, 1.165) is 15.6 Å². The Morgan fingerprint density at radius 2 is 2.07 bits per heavy atom. The highest BCUT2D eigenvalue weighted by atomic mass is 79.9. The molecule has 0 saturated heterocycles. The predicted molar refractivity (Wildman–Crippen MR) is 117 cm³/mol. The number of fused-ring (bicyclic) bond motifs is 1.